The first kappa shape index (κ1) is 6.56. The summed E-state index contributed by atoms with van der Waals surface area (Å²) in [5.41, 5.74) is 5.68. The lowest BCUT2D eigenvalue weighted by Crippen LogP contribution is -2.26. The summed E-state index contributed by atoms with van der Waals surface area (Å²) in [6.07, 6.45) is 4.94. The number of alkyl halides is 1. The minimum Gasteiger partial charge on any atom is -0.328 e. The van der Waals surface area contributed by atoms with Gasteiger partial charge in [-0.05, 0) is 25.7 Å². The van der Waals surface area contributed by atoms with E-state index in [0.29, 0.717) is 6.04 Å². The van der Waals surface area contributed by atoms with Crippen molar-refractivity contribution in [1.29, 1.82) is 0 Å². The first-order chi connectivity index (χ1) is 3.79. The zero-order valence-electron chi connectivity index (χ0n) is 4.94. The average molecular weight is 178 g/mol. The molecule has 1 aliphatic carbocycles. The second kappa shape index (κ2) is 2.83. The van der Waals surface area contributed by atoms with Crippen LogP contribution in [0.2, 0.25) is 0 Å². The monoisotopic (exact) mass is 177 g/mol. The molecule has 8 heavy (non-hydrogen) atoms. The second-order valence-corrected chi connectivity index (χ2v) is 3.81. The van der Waals surface area contributed by atoms with Gasteiger partial charge in [-0.2, -0.15) is 0 Å². The van der Waals surface area contributed by atoms with Crippen LogP contribution in [0, 0.1) is 0 Å². The molecule has 1 saturated carbocycles. The molecule has 48 valence electrons. The van der Waals surface area contributed by atoms with E-state index in [-0.39, 0.29) is 0 Å². The minimum absolute atomic E-state index is 0.490. The fraction of sp³-hybridized carbons (Fsp3) is 1.00. The SMILES string of the molecule is NC1CCC(Br)CC1. The van der Waals surface area contributed by atoms with Gasteiger partial charge in [-0.25, -0.2) is 0 Å². The highest BCUT2D eigenvalue weighted by molar-refractivity contribution is 9.09. The van der Waals surface area contributed by atoms with Gasteiger partial charge in [-0.15, -0.1) is 0 Å². The Morgan fingerprint density at radius 3 is 2.00 bits per heavy atom. The summed E-state index contributed by atoms with van der Waals surface area (Å²) in [7, 11) is 0. The quantitative estimate of drug-likeness (QED) is 0.560. The lowest BCUT2D eigenvalue weighted by molar-refractivity contribution is 0.455. The van der Waals surface area contributed by atoms with E-state index in [4.69, 9.17) is 5.73 Å². The Balaban J connectivity index is 2.19. The van der Waals surface area contributed by atoms with Crippen LogP contribution in [0.4, 0.5) is 0 Å². The van der Waals surface area contributed by atoms with Crippen molar-refractivity contribution in [3.8, 4) is 0 Å². The Labute approximate surface area is 58.8 Å². The zero-order valence-corrected chi connectivity index (χ0v) is 6.52. The molecule has 0 aromatic rings. The van der Waals surface area contributed by atoms with Gasteiger partial charge >= 0.3 is 0 Å². The van der Waals surface area contributed by atoms with Crippen molar-refractivity contribution in [1.82, 2.24) is 0 Å². The third kappa shape index (κ3) is 1.75. The normalized spacial score (nSPS) is 39.8. The van der Waals surface area contributed by atoms with Crippen LogP contribution in [-0.2, 0) is 0 Å². The summed E-state index contributed by atoms with van der Waals surface area (Å²) < 4.78 is 0. The summed E-state index contributed by atoms with van der Waals surface area (Å²) >= 11 is 3.56. The van der Waals surface area contributed by atoms with E-state index in [2.05, 4.69) is 15.9 Å². The van der Waals surface area contributed by atoms with Crippen molar-refractivity contribution in [2.24, 2.45) is 5.73 Å². The smallest absolute Gasteiger partial charge is 0.0147 e. The van der Waals surface area contributed by atoms with Gasteiger partial charge in [0, 0.05) is 10.9 Å². The summed E-state index contributed by atoms with van der Waals surface area (Å²) in [6.45, 7) is 0. The molecule has 1 aliphatic rings. The number of rotatable bonds is 0. The molecule has 0 spiro atoms. The molecule has 0 atom stereocenters. The van der Waals surface area contributed by atoms with E-state index in [1.807, 2.05) is 0 Å². The van der Waals surface area contributed by atoms with E-state index in [0.717, 1.165) is 4.83 Å². The van der Waals surface area contributed by atoms with E-state index < -0.39 is 0 Å². The fourth-order valence-electron chi connectivity index (χ4n) is 1.08. The predicted molar refractivity (Wildman–Crippen MR) is 39.2 cm³/mol. The maximum atomic E-state index is 5.68. The fourth-order valence-corrected chi connectivity index (χ4v) is 1.61. The maximum Gasteiger partial charge on any atom is 0.0147 e. The van der Waals surface area contributed by atoms with Crippen molar-refractivity contribution >= 4 is 15.9 Å². The maximum absolute atomic E-state index is 5.68. The minimum atomic E-state index is 0.490. The van der Waals surface area contributed by atoms with Crippen molar-refractivity contribution in [2.75, 3.05) is 0 Å². The van der Waals surface area contributed by atoms with E-state index >= 15 is 0 Å². The number of nitrogens with two attached hydrogens (primary N) is 1. The average Bonchev–Trinajstić information content (AvgIpc) is 1.77. The standard InChI is InChI=1S/C6H12BrN/c7-5-1-3-6(8)4-2-5/h5-6H,1-4,8H2. The van der Waals surface area contributed by atoms with Crippen LogP contribution in [0.1, 0.15) is 25.7 Å². The third-order valence-corrected chi connectivity index (χ3v) is 2.62. The van der Waals surface area contributed by atoms with Crippen LogP contribution >= 0.6 is 15.9 Å². The number of halogens is 1. The first-order valence-corrected chi connectivity index (χ1v) is 4.10. The Bertz CT molecular complexity index is 56.9. The van der Waals surface area contributed by atoms with Gasteiger partial charge in [0.1, 0.15) is 0 Å². The van der Waals surface area contributed by atoms with Crippen LogP contribution in [0.15, 0.2) is 0 Å². The Morgan fingerprint density at radius 1 is 1.12 bits per heavy atom. The topological polar surface area (TPSA) is 26.0 Å². The lowest BCUT2D eigenvalue weighted by atomic mass is 9.96. The van der Waals surface area contributed by atoms with Crippen molar-refractivity contribution < 1.29 is 0 Å². The molecule has 2 heteroatoms. The van der Waals surface area contributed by atoms with Crippen molar-refractivity contribution in [3.63, 3.8) is 0 Å². The van der Waals surface area contributed by atoms with Gasteiger partial charge in [0.15, 0.2) is 0 Å². The molecule has 0 saturated heterocycles. The van der Waals surface area contributed by atoms with E-state index in [9.17, 15) is 0 Å². The summed E-state index contributed by atoms with van der Waals surface area (Å²) in [4.78, 5) is 0.752. The molecule has 0 bridgehead atoms. The molecule has 0 amide bonds. The molecular formula is C6H12BrN. The predicted octanol–water partition coefficient (Wildman–Crippen LogP) is 1.65. The van der Waals surface area contributed by atoms with Crippen LogP contribution in [0.3, 0.4) is 0 Å². The van der Waals surface area contributed by atoms with Gasteiger partial charge in [-0.1, -0.05) is 15.9 Å². The highest BCUT2D eigenvalue weighted by atomic mass is 79.9. The molecule has 0 aromatic heterocycles. The molecule has 1 nitrogen and oxygen atoms in total. The summed E-state index contributed by atoms with van der Waals surface area (Å²) in [6, 6.07) is 0.490. The molecule has 0 heterocycles. The van der Waals surface area contributed by atoms with Crippen LogP contribution in [0.5, 0.6) is 0 Å². The molecule has 1 rings (SSSR count). The van der Waals surface area contributed by atoms with E-state index in [1.165, 1.54) is 25.7 Å². The molecule has 0 aromatic carbocycles. The highest BCUT2D eigenvalue weighted by Crippen LogP contribution is 2.22. The molecule has 2 N–H and O–H groups in total. The van der Waals surface area contributed by atoms with Crippen LogP contribution in [-0.4, -0.2) is 10.9 Å². The molecule has 0 unspecified atom stereocenters. The van der Waals surface area contributed by atoms with Crippen molar-refractivity contribution in [3.05, 3.63) is 0 Å². The molecular weight excluding hydrogens is 166 g/mol. The molecule has 1 fully saturated rings. The van der Waals surface area contributed by atoms with Gasteiger partial charge in [-0.3, -0.25) is 0 Å². The van der Waals surface area contributed by atoms with Gasteiger partial charge in [0.2, 0.25) is 0 Å². The highest BCUT2D eigenvalue weighted by Gasteiger charge is 2.14. The van der Waals surface area contributed by atoms with Gasteiger partial charge < -0.3 is 5.73 Å². The Kier molecular flexibility index (Phi) is 2.32. The zero-order chi connectivity index (χ0) is 5.98. The number of hydrogen-bond acceptors (Lipinski definition) is 1. The molecule has 0 aliphatic heterocycles. The van der Waals surface area contributed by atoms with Crippen LogP contribution in [0.25, 0.3) is 0 Å². The first-order valence-electron chi connectivity index (χ1n) is 3.18. The van der Waals surface area contributed by atoms with Crippen LogP contribution < -0.4 is 5.73 Å². The van der Waals surface area contributed by atoms with E-state index in [1.54, 1.807) is 0 Å². The second-order valence-electron chi connectivity index (χ2n) is 2.51. The third-order valence-electron chi connectivity index (χ3n) is 1.70. The summed E-state index contributed by atoms with van der Waals surface area (Å²) in [5.74, 6) is 0. The Hall–Kier alpha value is 0.440. The van der Waals surface area contributed by atoms with Gasteiger partial charge in [0.25, 0.3) is 0 Å². The largest absolute Gasteiger partial charge is 0.328 e. The molecule has 0 radical (unpaired) electrons. The number of hydrogen-bond donors (Lipinski definition) is 1. The van der Waals surface area contributed by atoms with Crippen molar-refractivity contribution in [2.45, 2.75) is 36.6 Å². The lowest BCUT2D eigenvalue weighted by Gasteiger charge is -2.21. The van der Waals surface area contributed by atoms with Gasteiger partial charge in [0.05, 0.1) is 0 Å². The Morgan fingerprint density at radius 2 is 1.62 bits per heavy atom. The summed E-state index contributed by atoms with van der Waals surface area (Å²) in [5, 5.41) is 0.